The van der Waals surface area contributed by atoms with Crippen molar-refractivity contribution < 1.29 is 9.72 Å². The lowest BCUT2D eigenvalue weighted by Crippen LogP contribution is -2.39. The van der Waals surface area contributed by atoms with Crippen molar-refractivity contribution in [3.8, 4) is 0 Å². The van der Waals surface area contributed by atoms with Gasteiger partial charge in [0.2, 0.25) is 5.69 Å². The molecule has 1 fully saturated rings. The van der Waals surface area contributed by atoms with E-state index in [2.05, 4.69) is 31.2 Å². The first-order valence-electron chi connectivity index (χ1n) is 8.10. The molecular weight excluding hydrogens is 296 g/mol. The number of rotatable bonds is 3. The van der Waals surface area contributed by atoms with Gasteiger partial charge in [0.1, 0.15) is 5.69 Å². The number of hydrogen-bond acceptors (Lipinski definition) is 4. The molecule has 7 heteroatoms. The number of aryl methyl sites for hydroxylation is 1. The Morgan fingerprint density at radius 1 is 1.30 bits per heavy atom. The monoisotopic (exact) mass is 322 g/mol. The molecule has 0 radical (unpaired) electrons. The lowest BCUT2D eigenvalue weighted by atomic mass is 9.71. The highest BCUT2D eigenvalue weighted by Crippen LogP contribution is 2.37. The number of aromatic nitrogens is 2. The number of nitro groups is 1. The van der Waals surface area contributed by atoms with Crippen LogP contribution < -0.4 is 5.32 Å². The van der Waals surface area contributed by atoms with Crippen LogP contribution in [0.3, 0.4) is 0 Å². The summed E-state index contributed by atoms with van der Waals surface area (Å²) in [5, 5.41) is 18.1. The van der Waals surface area contributed by atoms with Crippen LogP contribution in [0.5, 0.6) is 0 Å². The van der Waals surface area contributed by atoms with Gasteiger partial charge in [0, 0.05) is 13.1 Å². The molecular formula is C16H26N4O3. The first kappa shape index (κ1) is 17.4. The number of amides is 1. The zero-order valence-electron chi connectivity index (χ0n) is 14.5. The standard InChI is InChI=1S/C16H26N4O3/c1-10-14(20(22)23)13(18-19(10)5)15(21)17-12-8-6-11(7-9-12)16(2,3)4/h11-12H,6-9H2,1-5H3,(H,17,21). The summed E-state index contributed by atoms with van der Waals surface area (Å²) in [5.74, 6) is 0.210. The molecule has 1 aliphatic rings. The Bertz CT molecular complexity index is 608. The van der Waals surface area contributed by atoms with Gasteiger partial charge in [-0.15, -0.1) is 0 Å². The van der Waals surface area contributed by atoms with E-state index in [1.54, 1.807) is 14.0 Å². The minimum absolute atomic E-state index is 0.0722. The van der Waals surface area contributed by atoms with E-state index in [1.165, 1.54) is 4.68 Å². The second-order valence-electron chi connectivity index (χ2n) is 7.55. The van der Waals surface area contributed by atoms with Gasteiger partial charge in [0.25, 0.3) is 5.91 Å². The fraction of sp³-hybridized carbons (Fsp3) is 0.750. The van der Waals surface area contributed by atoms with E-state index in [0.717, 1.165) is 25.7 Å². The van der Waals surface area contributed by atoms with Crippen molar-refractivity contribution in [1.29, 1.82) is 0 Å². The van der Waals surface area contributed by atoms with E-state index < -0.39 is 10.8 Å². The van der Waals surface area contributed by atoms with E-state index in [0.29, 0.717) is 11.6 Å². The van der Waals surface area contributed by atoms with Crippen molar-refractivity contribution >= 4 is 11.6 Å². The van der Waals surface area contributed by atoms with Crippen LogP contribution in [0.25, 0.3) is 0 Å². The Balaban J connectivity index is 2.04. The molecule has 1 N–H and O–H groups in total. The molecule has 128 valence electrons. The molecule has 2 rings (SSSR count). The van der Waals surface area contributed by atoms with Gasteiger partial charge in [-0.05, 0) is 43.9 Å². The van der Waals surface area contributed by atoms with Crippen LogP contribution >= 0.6 is 0 Å². The van der Waals surface area contributed by atoms with Gasteiger partial charge in [-0.1, -0.05) is 20.8 Å². The van der Waals surface area contributed by atoms with Crippen molar-refractivity contribution in [1.82, 2.24) is 15.1 Å². The Hall–Kier alpha value is -1.92. The average molecular weight is 322 g/mol. The highest BCUT2D eigenvalue weighted by atomic mass is 16.6. The largest absolute Gasteiger partial charge is 0.348 e. The first-order chi connectivity index (χ1) is 10.6. The number of nitrogens with one attached hydrogen (secondary N) is 1. The van der Waals surface area contributed by atoms with E-state index >= 15 is 0 Å². The highest BCUT2D eigenvalue weighted by Gasteiger charge is 2.33. The van der Waals surface area contributed by atoms with Crippen molar-refractivity contribution in [2.75, 3.05) is 0 Å². The van der Waals surface area contributed by atoms with Crippen molar-refractivity contribution in [3.05, 3.63) is 21.5 Å². The highest BCUT2D eigenvalue weighted by molar-refractivity contribution is 5.96. The SMILES string of the molecule is Cc1c([N+](=O)[O-])c(C(=O)NC2CCC(C(C)(C)C)CC2)nn1C. The lowest BCUT2D eigenvalue weighted by Gasteiger charge is -2.37. The van der Waals surface area contributed by atoms with Gasteiger partial charge in [0.05, 0.1) is 4.92 Å². The van der Waals surface area contributed by atoms with E-state index in [9.17, 15) is 14.9 Å². The summed E-state index contributed by atoms with van der Waals surface area (Å²) in [4.78, 5) is 23.0. The maximum Gasteiger partial charge on any atom is 0.322 e. The van der Waals surface area contributed by atoms with Crippen LogP contribution in [0.1, 0.15) is 62.6 Å². The van der Waals surface area contributed by atoms with E-state index in [-0.39, 0.29) is 22.8 Å². The van der Waals surface area contributed by atoms with Gasteiger partial charge < -0.3 is 5.32 Å². The Kier molecular flexibility index (Phi) is 4.77. The average Bonchev–Trinajstić information content (AvgIpc) is 2.74. The molecule has 1 amide bonds. The van der Waals surface area contributed by atoms with Crippen LogP contribution in [0.15, 0.2) is 0 Å². The number of hydrogen-bond donors (Lipinski definition) is 1. The predicted molar refractivity (Wildman–Crippen MR) is 87.3 cm³/mol. The Labute approximate surface area is 136 Å². The molecule has 0 atom stereocenters. The molecule has 7 nitrogen and oxygen atoms in total. The molecule has 0 bridgehead atoms. The molecule has 0 saturated heterocycles. The van der Waals surface area contributed by atoms with E-state index in [4.69, 9.17) is 0 Å². The van der Waals surface area contributed by atoms with Crippen LogP contribution in [0.4, 0.5) is 5.69 Å². The van der Waals surface area contributed by atoms with Crippen LogP contribution in [0, 0.1) is 28.4 Å². The molecule has 0 aliphatic heterocycles. The molecule has 1 aromatic rings. The van der Waals surface area contributed by atoms with Gasteiger partial charge in [-0.2, -0.15) is 5.10 Å². The number of carbonyl (C=O) groups is 1. The van der Waals surface area contributed by atoms with Gasteiger partial charge in [0.15, 0.2) is 0 Å². The molecule has 0 spiro atoms. The lowest BCUT2D eigenvalue weighted by molar-refractivity contribution is -0.385. The summed E-state index contributed by atoms with van der Waals surface area (Å²) >= 11 is 0. The molecule has 1 saturated carbocycles. The summed E-state index contributed by atoms with van der Waals surface area (Å²) in [6.45, 7) is 8.33. The maximum absolute atomic E-state index is 12.4. The van der Waals surface area contributed by atoms with Crippen molar-refractivity contribution in [3.63, 3.8) is 0 Å². The maximum atomic E-state index is 12.4. The third-order valence-electron chi connectivity index (χ3n) is 4.99. The smallest absolute Gasteiger partial charge is 0.322 e. The quantitative estimate of drug-likeness (QED) is 0.684. The summed E-state index contributed by atoms with van der Waals surface area (Å²) in [5.41, 5.74) is 0.379. The van der Waals surface area contributed by atoms with Gasteiger partial charge >= 0.3 is 5.69 Å². The first-order valence-corrected chi connectivity index (χ1v) is 8.10. The molecule has 0 unspecified atom stereocenters. The van der Waals surface area contributed by atoms with Crippen molar-refractivity contribution in [2.45, 2.75) is 59.4 Å². The van der Waals surface area contributed by atoms with Crippen LogP contribution in [0.2, 0.25) is 0 Å². The second kappa shape index (κ2) is 6.29. The molecule has 1 aromatic heterocycles. The molecule has 1 aliphatic carbocycles. The Morgan fingerprint density at radius 2 is 1.87 bits per heavy atom. The predicted octanol–water partition coefficient (Wildman–Crippen LogP) is 2.97. The number of nitrogens with zero attached hydrogens (tertiary/aromatic N) is 3. The summed E-state index contributed by atoms with van der Waals surface area (Å²) in [7, 11) is 1.60. The van der Waals surface area contributed by atoms with Gasteiger partial charge in [-0.25, -0.2) is 0 Å². The zero-order chi connectivity index (χ0) is 17.4. The third-order valence-corrected chi connectivity index (χ3v) is 4.99. The van der Waals surface area contributed by atoms with Crippen LogP contribution in [-0.4, -0.2) is 26.7 Å². The molecule has 23 heavy (non-hydrogen) atoms. The molecule has 1 heterocycles. The van der Waals surface area contributed by atoms with Gasteiger partial charge in [-0.3, -0.25) is 19.6 Å². The third kappa shape index (κ3) is 3.71. The van der Waals surface area contributed by atoms with E-state index in [1.807, 2.05) is 0 Å². The molecule has 0 aromatic carbocycles. The zero-order valence-corrected chi connectivity index (χ0v) is 14.5. The van der Waals surface area contributed by atoms with Crippen LogP contribution in [-0.2, 0) is 7.05 Å². The minimum Gasteiger partial charge on any atom is -0.348 e. The van der Waals surface area contributed by atoms with Crippen molar-refractivity contribution in [2.24, 2.45) is 18.4 Å². The summed E-state index contributed by atoms with van der Waals surface area (Å²) in [6, 6.07) is 0.0722. The normalized spacial score (nSPS) is 22.0. The number of carbonyl (C=O) groups excluding carboxylic acids is 1. The fourth-order valence-electron chi connectivity index (χ4n) is 3.33. The minimum atomic E-state index is -0.534. The summed E-state index contributed by atoms with van der Waals surface area (Å²) in [6.07, 6.45) is 3.95. The Morgan fingerprint density at radius 3 is 2.35 bits per heavy atom. The fourth-order valence-corrected chi connectivity index (χ4v) is 3.33. The topological polar surface area (TPSA) is 90.1 Å². The second-order valence-corrected chi connectivity index (χ2v) is 7.55. The summed E-state index contributed by atoms with van der Waals surface area (Å²) < 4.78 is 1.38.